The summed E-state index contributed by atoms with van der Waals surface area (Å²) in [6, 6.07) is 0. The molecule has 13 heavy (non-hydrogen) atoms. The molecule has 0 radical (unpaired) electrons. The minimum Gasteiger partial charge on any atom is -0.463 e. The van der Waals surface area contributed by atoms with E-state index >= 15 is 0 Å². The molecule has 0 aromatic heterocycles. The predicted molar refractivity (Wildman–Crippen MR) is 46.6 cm³/mol. The first-order chi connectivity index (χ1) is 5.95. The van der Waals surface area contributed by atoms with Crippen LogP contribution in [-0.4, -0.2) is 41.1 Å². The van der Waals surface area contributed by atoms with E-state index in [1.165, 1.54) is 0 Å². The van der Waals surface area contributed by atoms with Gasteiger partial charge < -0.3 is 14.5 Å². The molecule has 0 aromatic rings. The van der Waals surface area contributed by atoms with Gasteiger partial charge in [-0.2, -0.15) is 0 Å². The van der Waals surface area contributed by atoms with Crippen molar-refractivity contribution >= 4 is 25.2 Å². The molecule has 0 fully saturated rings. The Morgan fingerprint density at radius 3 is 2.62 bits per heavy atom. The summed E-state index contributed by atoms with van der Waals surface area (Å²) in [5, 5.41) is 2.25. The summed E-state index contributed by atoms with van der Waals surface area (Å²) in [7, 11) is -4.09. The molecular formula is C5H11ClNO5P. The van der Waals surface area contributed by atoms with Gasteiger partial charge in [-0.05, 0) is 0 Å². The molecule has 0 saturated heterocycles. The second-order valence-corrected chi connectivity index (χ2v) is 4.18. The zero-order valence-corrected chi connectivity index (χ0v) is 8.42. The molecule has 0 heterocycles. The summed E-state index contributed by atoms with van der Waals surface area (Å²) in [6.07, 6.45) is -0.539. The fraction of sp³-hybridized carbons (Fsp3) is 0.800. The van der Waals surface area contributed by atoms with Crippen LogP contribution in [0.2, 0.25) is 0 Å². The lowest BCUT2D eigenvalue weighted by Crippen LogP contribution is -2.26. The zero-order chi connectivity index (χ0) is 10.3. The third kappa shape index (κ3) is 9.79. The van der Waals surface area contributed by atoms with Crippen LogP contribution in [0.4, 0.5) is 0 Å². The van der Waals surface area contributed by atoms with E-state index < -0.39 is 19.9 Å². The smallest absolute Gasteiger partial charge is 0.339 e. The fourth-order valence-electron chi connectivity index (χ4n) is 0.507. The number of esters is 1. The Morgan fingerprint density at radius 1 is 1.54 bits per heavy atom. The highest BCUT2D eigenvalue weighted by Gasteiger charge is 2.12. The van der Waals surface area contributed by atoms with Gasteiger partial charge in [-0.1, -0.05) is 0 Å². The maximum absolute atomic E-state index is 10.7. The quantitative estimate of drug-likeness (QED) is 0.324. The first-order valence-electron chi connectivity index (χ1n) is 3.42. The number of carbonyl (C=O) groups excluding carboxylic acids is 1. The SMILES string of the molecule is O=C(CNCP(=O)(O)O)OCCCl. The minimum absolute atomic E-state index is 0.0952. The minimum atomic E-state index is -4.09. The number of hydrogen-bond donors (Lipinski definition) is 3. The Hall–Kier alpha value is -0.130. The van der Waals surface area contributed by atoms with Crippen LogP contribution in [0.1, 0.15) is 0 Å². The van der Waals surface area contributed by atoms with E-state index in [0.29, 0.717) is 0 Å². The highest BCUT2D eigenvalue weighted by molar-refractivity contribution is 7.51. The van der Waals surface area contributed by atoms with Crippen LogP contribution in [0.25, 0.3) is 0 Å². The molecule has 0 aromatic carbocycles. The Bertz CT molecular complexity index is 205. The maximum Gasteiger partial charge on any atom is 0.339 e. The first kappa shape index (κ1) is 12.9. The van der Waals surface area contributed by atoms with Crippen molar-refractivity contribution in [1.29, 1.82) is 0 Å². The van der Waals surface area contributed by atoms with Crippen molar-refractivity contribution in [2.45, 2.75) is 0 Å². The molecule has 0 amide bonds. The molecule has 0 spiro atoms. The van der Waals surface area contributed by atoms with Crippen molar-refractivity contribution in [2.24, 2.45) is 0 Å². The molecule has 0 aliphatic carbocycles. The van der Waals surface area contributed by atoms with Gasteiger partial charge in [0.05, 0.1) is 18.7 Å². The van der Waals surface area contributed by atoms with Crippen molar-refractivity contribution in [3.8, 4) is 0 Å². The lowest BCUT2D eigenvalue weighted by molar-refractivity contribution is -0.141. The van der Waals surface area contributed by atoms with Crippen LogP contribution in [0.15, 0.2) is 0 Å². The lowest BCUT2D eigenvalue weighted by Gasteiger charge is -2.05. The van der Waals surface area contributed by atoms with Crippen molar-refractivity contribution in [2.75, 3.05) is 25.3 Å². The second-order valence-electron chi connectivity index (χ2n) is 2.16. The lowest BCUT2D eigenvalue weighted by atomic mass is 10.6. The molecule has 0 bridgehead atoms. The average Bonchev–Trinajstić information content (AvgIpc) is 1.98. The van der Waals surface area contributed by atoms with Crippen LogP contribution in [0.5, 0.6) is 0 Å². The summed E-state index contributed by atoms with van der Waals surface area (Å²) in [5.74, 6) is -0.390. The standard InChI is InChI=1S/C5H11ClNO5P/c6-1-2-12-5(8)3-7-4-13(9,10)11/h7H,1-4H2,(H2,9,10,11). The average molecular weight is 232 g/mol. The molecule has 6 nitrogen and oxygen atoms in total. The normalized spacial score (nSPS) is 11.3. The molecule has 8 heteroatoms. The fourth-order valence-corrected chi connectivity index (χ4v) is 0.987. The van der Waals surface area contributed by atoms with E-state index in [2.05, 4.69) is 10.1 Å². The Labute approximate surface area is 80.4 Å². The number of halogens is 1. The predicted octanol–water partition coefficient (Wildman–Crippen LogP) is -0.507. The number of rotatable bonds is 6. The molecule has 3 N–H and O–H groups in total. The number of hydrogen-bond acceptors (Lipinski definition) is 4. The van der Waals surface area contributed by atoms with E-state index in [0.717, 1.165) is 0 Å². The van der Waals surface area contributed by atoms with Gasteiger partial charge in [-0.3, -0.25) is 14.7 Å². The van der Waals surface area contributed by atoms with E-state index in [1.807, 2.05) is 0 Å². The molecule has 0 saturated carbocycles. The van der Waals surface area contributed by atoms with Gasteiger partial charge in [0.25, 0.3) is 0 Å². The Morgan fingerprint density at radius 2 is 2.15 bits per heavy atom. The summed E-state index contributed by atoms with van der Waals surface area (Å²) in [6.45, 7) is -0.139. The molecule has 0 unspecified atom stereocenters. The van der Waals surface area contributed by atoms with Gasteiger partial charge in [-0.25, -0.2) is 0 Å². The monoisotopic (exact) mass is 231 g/mol. The van der Waals surface area contributed by atoms with Crippen molar-refractivity contribution in [3.63, 3.8) is 0 Å². The van der Waals surface area contributed by atoms with Crippen molar-refractivity contribution < 1.29 is 23.9 Å². The zero-order valence-electron chi connectivity index (χ0n) is 6.77. The Balaban J connectivity index is 3.43. The van der Waals surface area contributed by atoms with Crippen molar-refractivity contribution in [1.82, 2.24) is 5.32 Å². The van der Waals surface area contributed by atoms with E-state index in [1.54, 1.807) is 0 Å². The number of ether oxygens (including phenoxy) is 1. The number of carbonyl (C=O) groups is 1. The third-order valence-electron chi connectivity index (χ3n) is 0.927. The molecule has 0 rings (SSSR count). The molecule has 0 atom stereocenters. The van der Waals surface area contributed by atoms with Crippen molar-refractivity contribution in [3.05, 3.63) is 0 Å². The van der Waals surface area contributed by atoms with Gasteiger partial charge in [0.2, 0.25) is 0 Å². The molecule has 0 aliphatic heterocycles. The number of nitrogens with one attached hydrogen (secondary N) is 1. The summed E-state index contributed by atoms with van der Waals surface area (Å²) in [4.78, 5) is 27.5. The highest BCUT2D eigenvalue weighted by Crippen LogP contribution is 2.31. The van der Waals surface area contributed by atoms with Crippen LogP contribution in [0, 0.1) is 0 Å². The van der Waals surface area contributed by atoms with Gasteiger partial charge >= 0.3 is 13.6 Å². The summed E-state index contributed by atoms with van der Waals surface area (Å²) in [5.41, 5.74) is 0. The maximum atomic E-state index is 10.7. The summed E-state index contributed by atoms with van der Waals surface area (Å²) >= 11 is 5.23. The molecule has 0 aliphatic rings. The summed E-state index contributed by atoms with van der Waals surface area (Å²) < 4.78 is 14.8. The van der Waals surface area contributed by atoms with Gasteiger partial charge in [-0.15, -0.1) is 11.6 Å². The number of alkyl halides is 1. The third-order valence-corrected chi connectivity index (χ3v) is 1.72. The second kappa shape index (κ2) is 6.34. The van der Waals surface area contributed by atoms with Gasteiger partial charge in [0.1, 0.15) is 6.61 Å². The van der Waals surface area contributed by atoms with E-state index in [4.69, 9.17) is 21.4 Å². The van der Waals surface area contributed by atoms with Crippen LogP contribution >= 0.6 is 19.2 Å². The highest BCUT2D eigenvalue weighted by atomic mass is 35.5. The van der Waals surface area contributed by atoms with Crippen LogP contribution in [-0.2, 0) is 14.1 Å². The molecular weight excluding hydrogens is 220 g/mol. The van der Waals surface area contributed by atoms with E-state index in [9.17, 15) is 9.36 Å². The Kier molecular flexibility index (Phi) is 6.28. The van der Waals surface area contributed by atoms with Gasteiger partial charge in [0.15, 0.2) is 0 Å². The van der Waals surface area contributed by atoms with Crippen LogP contribution < -0.4 is 5.32 Å². The van der Waals surface area contributed by atoms with Crippen LogP contribution in [0.3, 0.4) is 0 Å². The molecule has 78 valence electrons. The van der Waals surface area contributed by atoms with E-state index in [-0.39, 0.29) is 19.0 Å². The largest absolute Gasteiger partial charge is 0.463 e. The first-order valence-corrected chi connectivity index (χ1v) is 5.76. The van der Waals surface area contributed by atoms with Gasteiger partial charge in [0, 0.05) is 0 Å². The topological polar surface area (TPSA) is 95.9 Å².